The first-order valence-corrected chi connectivity index (χ1v) is 27.8. The quantitative estimate of drug-likeness (QED) is 0.0472. The monoisotopic (exact) mass is 1090 g/mol. The lowest BCUT2D eigenvalue weighted by Crippen LogP contribution is -2.68. The second-order valence-electron chi connectivity index (χ2n) is 20.2. The normalized spacial score (nSPS) is 23.6. The molecule has 7 aromatic carbocycles. The Morgan fingerprint density at radius 3 is 1.15 bits per heavy atom. The Kier molecular flexibility index (Phi) is 20.7. The van der Waals surface area contributed by atoms with Crippen LogP contribution in [0, 0.1) is 0 Å². The molecule has 2 N–H and O–H groups in total. The van der Waals surface area contributed by atoms with Crippen LogP contribution in [0.15, 0.2) is 224 Å². The molecular weight excluding hydrogens is 1020 g/mol. The van der Waals surface area contributed by atoms with Crippen LogP contribution in [0.1, 0.15) is 45.9 Å². The van der Waals surface area contributed by atoms with Gasteiger partial charge >= 0.3 is 12.0 Å². The van der Waals surface area contributed by atoms with Crippen molar-refractivity contribution in [3.8, 4) is 0 Å². The third-order valence-corrected chi connectivity index (χ3v) is 14.4. The fourth-order valence-corrected chi connectivity index (χ4v) is 10.5. The highest BCUT2D eigenvalue weighted by atomic mass is 16.6. The van der Waals surface area contributed by atoms with Crippen molar-refractivity contribution in [3.05, 3.63) is 263 Å². The fraction of sp³-hybridized carbons (Fsp3) is 0.313. The second-order valence-corrected chi connectivity index (χ2v) is 20.2. The van der Waals surface area contributed by atoms with Gasteiger partial charge in [-0.15, -0.1) is 0 Å². The molecule has 0 aromatic heterocycles. The molecule has 3 aliphatic heterocycles. The standard InChI is InChI=1S/C67H70N2O12/c1-2-74-66(70)56-57(61-63(77-42-51-32-18-7-19-33-51)59(75-40-49-28-14-5-15-29-49)54(80-61)45-72-38-47-24-10-3-11-25-47)68-67(71)69-58(56)62-65(79-44-53-36-22-9-23-37-53)64(78-43-52-34-20-8-21-35-52)60(76-41-50-30-16-6-17-31-50)55(81-62)46-73-39-48-26-12-4-13-27-48/h3-37,54-55,58-65H,2,38-46H2,1H3,(H2,68,69,71)/t54-,55-,58-,59-,60-,61+,62+,63-,64+,65-/m1/s1. The van der Waals surface area contributed by atoms with Crippen molar-refractivity contribution in [1.82, 2.24) is 10.6 Å². The molecule has 81 heavy (non-hydrogen) atoms. The van der Waals surface area contributed by atoms with Crippen LogP contribution in [0.2, 0.25) is 0 Å². The van der Waals surface area contributed by atoms with Gasteiger partial charge in [-0.05, 0) is 45.9 Å². The van der Waals surface area contributed by atoms with Gasteiger partial charge in [-0.2, -0.15) is 0 Å². The Labute approximate surface area is 474 Å². The number of nitrogens with one attached hydrogen (secondary N) is 2. The molecule has 420 valence electrons. The Balaban J connectivity index is 1.08. The zero-order chi connectivity index (χ0) is 55.4. The van der Waals surface area contributed by atoms with E-state index >= 15 is 4.79 Å². The van der Waals surface area contributed by atoms with Gasteiger partial charge in [-0.25, -0.2) is 9.59 Å². The first-order chi connectivity index (χ1) is 40.0. The Morgan fingerprint density at radius 1 is 0.420 bits per heavy atom. The lowest BCUT2D eigenvalue weighted by atomic mass is 9.85. The summed E-state index contributed by atoms with van der Waals surface area (Å²) in [5, 5.41) is 6.15. The lowest BCUT2D eigenvalue weighted by molar-refractivity contribution is -0.275. The lowest BCUT2D eigenvalue weighted by Gasteiger charge is -2.49. The van der Waals surface area contributed by atoms with Crippen LogP contribution >= 0.6 is 0 Å². The first-order valence-electron chi connectivity index (χ1n) is 27.8. The molecule has 0 unspecified atom stereocenters. The summed E-state index contributed by atoms with van der Waals surface area (Å²) < 4.78 is 68.5. The molecule has 2 saturated heterocycles. The minimum absolute atomic E-state index is 0.0160. The first kappa shape index (κ1) is 56.9. The van der Waals surface area contributed by atoms with Gasteiger partial charge in [-0.1, -0.05) is 212 Å². The third-order valence-electron chi connectivity index (χ3n) is 14.4. The molecule has 0 radical (unpaired) electrons. The maximum atomic E-state index is 15.2. The number of amides is 2. The number of esters is 1. The van der Waals surface area contributed by atoms with Crippen LogP contribution < -0.4 is 10.6 Å². The Bertz CT molecular complexity index is 3020. The van der Waals surface area contributed by atoms with Crippen LogP contribution in [0.5, 0.6) is 0 Å². The van der Waals surface area contributed by atoms with Crippen molar-refractivity contribution in [1.29, 1.82) is 0 Å². The van der Waals surface area contributed by atoms with Crippen LogP contribution in [0.3, 0.4) is 0 Å². The SMILES string of the molecule is CCOC(=O)C1=C([C@@H]2O[C@H](COCc3ccccc3)[C@@H](OCc3ccccc3)[C@H]2OCc2ccccc2)NC(=O)N[C@H]1[C@@H]1O[C@H](COCc2ccccc2)[C@@H](OCc2ccccc2)[C@H](OCc2ccccc2)[C@@H]1OCc1ccccc1. The summed E-state index contributed by atoms with van der Waals surface area (Å²) in [6.07, 6.45) is -8.22. The van der Waals surface area contributed by atoms with Gasteiger partial charge in [-0.3, -0.25) is 0 Å². The van der Waals surface area contributed by atoms with E-state index in [2.05, 4.69) is 10.6 Å². The predicted molar refractivity (Wildman–Crippen MR) is 304 cm³/mol. The van der Waals surface area contributed by atoms with Crippen molar-refractivity contribution < 1.29 is 57.0 Å². The minimum Gasteiger partial charge on any atom is -0.463 e. The number of urea groups is 1. The summed E-state index contributed by atoms with van der Waals surface area (Å²) in [7, 11) is 0. The molecule has 0 aliphatic carbocycles. The summed E-state index contributed by atoms with van der Waals surface area (Å²) >= 11 is 0. The molecule has 0 bridgehead atoms. The average Bonchev–Trinajstić information content (AvgIpc) is 3.92. The van der Waals surface area contributed by atoms with E-state index in [0.29, 0.717) is 6.61 Å². The molecule has 2 fully saturated rings. The molecule has 2 amide bonds. The zero-order valence-electron chi connectivity index (χ0n) is 45.5. The van der Waals surface area contributed by atoms with E-state index in [0.717, 1.165) is 38.9 Å². The van der Waals surface area contributed by atoms with Crippen LogP contribution in [-0.4, -0.2) is 92.8 Å². The van der Waals surface area contributed by atoms with Gasteiger partial charge in [0.2, 0.25) is 0 Å². The van der Waals surface area contributed by atoms with Crippen LogP contribution in [0.4, 0.5) is 4.79 Å². The summed E-state index contributed by atoms with van der Waals surface area (Å²) in [6, 6.07) is 67.0. The van der Waals surface area contributed by atoms with Gasteiger partial charge in [0.15, 0.2) is 0 Å². The molecule has 7 aromatic rings. The zero-order valence-corrected chi connectivity index (χ0v) is 45.5. The molecule has 10 rings (SSSR count). The molecule has 0 saturated carbocycles. The molecule has 3 heterocycles. The van der Waals surface area contributed by atoms with E-state index in [4.69, 9.17) is 47.4 Å². The molecule has 3 aliphatic rings. The maximum Gasteiger partial charge on any atom is 0.338 e. The minimum atomic E-state index is -1.24. The van der Waals surface area contributed by atoms with Gasteiger partial charge in [0.25, 0.3) is 0 Å². The van der Waals surface area contributed by atoms with E-state index in [9.17, 15) is 4.79 Å². The van der Waals surface area contributed by atoms with E-state index in [1.54, 1.807) is 6.92 Å². The van der Waals surface area contributed by atoms with Gasteiger partial charge in [0.1, 0.15) is 54.9 Å². The van der Waals surface area contributed by atoms with Crippen LogP contribution in [0.25, 0.3) is 0 Å². The topological polar surface area (TPSA) is 150 Å². The van der Waals surface area contributed by atoms with E-state index in [-0.39, 0.29) is 70.7 Å². The third kappa shape index (κ3) is 15.6. The second kappa shape index (κ2) is 29.4. The van der Waals surface area contributed by atoms with Crippen molar-refractivity contribution in [2.45, 2.75) is 114 Å². The Hall–Kier alpha value is -7.34. The molecule has 14 heteroatoms. The van der Waals surface area contributed by atoms with Crippen molar-refractivity contribution in [3.63, 3.8) is 0 Å². The maximum absolute atomic E-state index is 15.2. The molecule has 14 nitrogen and oxygen atoms in total. The number of carbonyl (C=O) groups excluding carboxylic acids is 2. The Morgan fingerprint density at radius 2 is 0.753 bits per heavy atom. The van der Waals surface area contributed by atoms with Crippen molar-refractivity contribution in [2.75, 3.05) is 19.8 Å². The van der Waals surface area contributed by atoms with Gasteiger partial charge in [0.05, 0.1) is 83.4 Å². The van der Waals surface area contributed by atoms with Gasteiger partial charge in [0, 0.05) is 0 Å². The fourth-order valence-electron chi connectivity index (χ4n) is 10.5. The summed E-state index contributed by atoms with van der Waals surface area (Å²) in [6.45, 7) is 3.32. The number of benzene rings is 7. The van der Waals surface area contributed by atoms with E-state index < -0.39 is 73.0 Å². The molecule has 0 spiro atoms. The summed E-state index contributed by atoms with van der Waals surface area (Å²) in [5.41, 5.74) is 6.68. The largest absolute Gasteiger partial charge is 0.463 e. The smallest absolute Gasteiger partial charge is 0.338 e. The van der Waals surface area contributed by atoms with Gasteiger partial charge < -0.3 is 58.0 Å². The highest BCUT2D eigenvalue weighted by Crippen LogP contribution is 2.39. The summed E-state index contributed by atoms with van der Waals surface area (Å²) in [5.74, 6) is -0.715. The van der Waals surface area contributed by atoms with E-state index in [1.807, 2.05) is 212 Å². The number of ether oxygens (including phenoxy) is 10. The van der Waals surface area contributed by atoms with Crippen LogP contribution in [-0.2, 0) is 98.4 Å². The average molecular weight is 1100 g/mol. The van der Waals surface area contributed by atoms with Crippen molar-refractivity contribution in [2.24, 2.45) is 0 Å². The number of carbonyl (C=O) groups is 2. The molecular formula is C67H70N2O12. The number of hydrogen-bond donors (Lipinski definition) is 2. The predicted octanol–water partition coefficient (Wildman–Crippen LogP) is 10.4. The molecule has 10 atom stereocenters. The number of hydrogen-bond acceptors (Lipinski definition) is 12. The highest BCUT2D eigenvalue weighted by Gasteiger charge is 2.56. The van der Waals surface area contributed by atoms with E-state index in [1.165, 1.54) is 0 Å². The summed E-state index contributed by atoms with van der Waals surface area (Å²) in [4.78, 5) is 30.0. The van der Waals surface area contributed by atoms with Crippen molar-refractivity contribution >= 4 is 12.0 Å². The highest BCUT2D eigenvalue weighted by molar-refractivity contribution is 5.95. The number of rotatable bonds is 27.